The van der Waals surface area contributed by atoms with Crippen LogP contribution in [0.25, 0.3) is 0 Å². The van der Waals surface area contributed by atoms with Crippen molar-refractivity contribution < 1.29 is 9.90 Å². The van der Waals surface area contributed by atoms with Gasteiger partial charge in [0.25, 0.3) is 0 Å². The van der Waals surface area contributed by atoms with E-state index in [-0.39, 0.29) is 0 Å². The Bertz CT molecular complexity index is 403. The van der Waals surface area contributed by atoms with Gasteiger partial charge in [-0.2, -0.15) is 0 Å². The summed E-state index contributed by atoms with van der Waals surface area (Å²) in [4.78, 5) is 11.3. The first-order valence-electron chi connectivity index (χ1n) is 8.05. The Morgan fingerprint density at radius 2 is 1.90 bits per heavy atom. The van der Waals surface area contributed by atoms with Gasteiger partial charge in [0, 0.05) is 6.54 Å². The van der Waals surface area contributed by atoms with Crippen molar-refractivity contribution in [3.8, 4) is 0 Å². The van der Waals surface area contributed by atoms with Crippen LogP contribution in [0.4, 0.5) is 0 Å². The Morgan fingerprint density at radius 3 is 2.43 bits per heavy atom. The van der Waals surface area contributed by atoms with E-state index in [0.29, 0.717) is 18.3 Å². The topological polar surface area (TPSA) is 49.3 Å². The Morgan fingerprint density at radius 1 is 1.24 bits per heavy atom. The minimum Gasteiger partial charge on any atom is -0.480 e. The highest BCUT2D eigenvalue weighted by Gasteiger charge is 2.19. The van der Waals surface area contributed by atoms with Crippen LogP contribution in [0.15, 0.2) is 30.3 Å². The lowest BCUT2D eigenvalue weighted by Crippen LogP contribution is -2.39. The molecule has 0 aromatic heterocycles. The second-order valence-corrected chi connectivity index (χ2v) is 6.18. The van der Waals surface area contributed by atoms with Crippen molar-refractivity contribution in [3.63, 3.8) is 0 Å². The number of rotatable bonds is 10. The number of carboxylic acid groups (broad SMARTS) is 1. The van der Waals surface area contributed by atoms with Gasteiger partial charge in [-0.3, -0.25) is 4.79 Å². The lowest BCUT2D eigenvalue weighted by molar-refractivity contribution is -0.139. The lowest BCUT2D eigenvalue weighted by Gasteiger charge is -2.23. The molecule has 3 heteroatoms. The zero-order valence-corrected chi connectivity index (χ0v) is 13.5. The lowest BCUT2D eigenvalue weighted by atomic mass is 9.90. The van der Waals surface area contributed by atoms with Crippen molar-refractivity contribution in [1.82, 2.24) is 5.32 Å². The van der Waals surface area contributed by atoms with E-state index in [1.165, 1.54) is 5.56 Å². The number of carbonyl (C=O) groups is 1. The number of nitrogens with one attached hydrogen (secondary N) is 1. The largest absolute Gasteiger partial charge is 0.480 e. The number of unbranched alkanes of at least 4 members (excludes halogenated alkanes) is 1. The standard InChI is InChI=1S/C18H29NO2/c1-4-5-11-17(18(20)21)19-13-16(12-14(2)3)15-9-7-6-8-10-15/h6-10,14,16-17,19H,4-5,11-13H2,1-3H3,(H,20,21). The van der Waals surface area contributed by atoms with Gasteiger partial charge in [0.2, 0.25) is 0 Å². The van der Waals surface area contributed by atoms with Gasteiger partial charge in [-0.05, 0) is 30.2 Å². The highest BCUT2D eigenvalue weighted by molar-refractivity contribution is 5.73. The summed E-state index contributed by atoms with van der Waals surface area (Å²) in [6.45, 7) is 7.23. The maximum atomic E-state index is 11.3. The quantitative estimate of drug-likeness (QED) is 0.683. The Labute approximate surface area is 128 Å². The van der Waals surface area contributed by atoms with Crippen molar-refractivity contribution in [2.45, 2.75) is 58.4 Å². The van der Waals surface area contributed by atoms with E-state index < -0.39 is 12.0 Å². The van der Waals surface area contributed by atoms with Gasteiger partial charge in [0.15, 0.2) is 0 Å². The minimum absolute atomic E-state index is 0.370. The molecule has 0 aliphatic rings. The van der Waals surface area contributed by atoms with Crippen molar-refractivity contribution in [2.75, 3.05) is 6.54 Å². The van der Waals surface area contributed by atoms with Crippen LogP contribution in [0.1, 0.15) is 57.9 Å². The van der Waals surface area contributed by atoms with Crippen LogP contribution >= 0.6 is 0 Å². The molecular formula is C18H29NO2. The summed E-state index contributed by atoms with van der Waals surface area (Å²) in [6, 6.07) is 9.96. The first kappa shape index (κ1) is 17.7. The monoisotopic (exact) mass is 291 g/mol. The van der Waals surface area contributed by atoms with Gasteiger partial charge in [0.1, 0.15) is 6.04 Å². The van der Waals surface area contributed by atoms with Gasteiger partial charge in [-0.25, -0.2) is 0 Å². The fourth-order valence-electron chi connectivity index (χ4n) is 2.64. The highest BCUT2D eigenvalue weighted by Crippen LogP contribution is 2.23. The van der Waals surface area contributed by atoms with Crippen LogP contribution in [0.2, 0.25) is 0 Å². The molecule has 1 aromatic carbocycles. The second kappa shape index (κ2) is 9.56. The van der Waals surface area contributed by atoms with Crippen LogP contribution < -0.4 is 5.32 Å². The number of benzene rings is 1. The number of carboxylic acids is 1. The van der Waals surface area contributed by atoms with Crippen molar-refractivity contribution >= 4 is 5.97 Å². The maximum absolute atomic E-state index is 11.3. The Balaban J connectivity index is 2.65. The Kier molecular flexibility index (Phi) is 8.06. The predicted molar refractivity (Wildman–Crippen MR) is 87.6 cm³/mol. The molecule has 0 saturated heterocycles. The molecule has 1 aromatic rings. The van der Waals surface area contributed by atoms with E-state index in [0.717, 1.165) is 25.8 Å². The van der Waals surface area contributed by atoms with Crippen LogP contribution in [0, 0.1) is 5.92 Å². The van der Waals surface area contributed by atoms with E-state index in [9.17, 15) is 9.90 Å². The zero-order valence-electron chi connectivity index (χ0n) is 13.5. The molecular weight excluding hydrogens is 262 g/mol. The molecule has 0 radical (unpaired) electrons. The molecule has 118 valence electrons. The second-order valence-electron chi connectivity index (χ2n) is 6.18. The third-order valence-corrected chi connectivity index (χ3v) is 3.78. The molecule has 0 amide bonds. The number of hydrogen-bond donors (Lipinski definition) is 2. The average molecular weight is 291 g/mol. The summed E-state index contributed by atoms with van der Waals surface area (Å²) in [5.74, 6) is 0.227. The molecule has 2 unspecified atom stereocenters. The average Bonchev–Trinajstić information content (AvgIpc) is 2.46. The minimum atomic E-state index is -0.736. The van der Waals surface area contributed by atoms with E-state index in [1.807, 2.05) is 6.07 Å². The van der Waals surface area contributed by atoms with Crippen molar-refractivity contribution in [1.29, 1.82) is 0 Å². The maximum Gasteiger partial charge on any atom is 0.320 e. The van der Waals surface area contributed by atoms with Gasteiger partial charge in [-0.15, -0.1) is 0 Å². The molecule has 0 heterocycles. The summed E-state index contributed by atoms with van der Waals surface area (Å²) >= 11 is 0. The molecule has 3 nitrogen and oxygen atoms in total. The fraction of sp³-hybridized carbons (Fsp3) is 0.611. The van der Waals surface area contributed by atoms with Crippen molar-refractivity contribution in [3.05, 3.63) is 35.9 Å². The smallest absolute Gasteiger partial charge is 0.320 e. The predicted octanol–water partition coefficient (Wildman–Crippen LogP) is 4.05. The molecule has 21 heavy (non-hydrogen) atoms. The number of hydrogen-bond acceptors (Lipinski definition) is 2. The molecule has 0 spiro atoms. The highest BCUT2D eigenvalue weighted by atomic mass is 16.4. The molecule has 2 N–H and O–H groups in total. The molecule has 0 aliphatic heterocycles. The Hall–Kier alpha value is -1.35. The third kappa shape index (κ3) is 6.76. The fourth-order valence-corrected chi connectivity index (χ4v) is 2.64. The molecule has 2 atom stereocenters. The van der Waals surface area contributed by atoms with Gasteiger partial charge < -0.3 is 10.4 Å². The van der Waals surface area contributed by atoms with Crippen LogP contribution in [-0.2, 0) is 4.79 Å². The molecule has 0 aliphatic carbocycles. The van der Waals surface area contributed by atoms with Gasteiger partial charge >= 0.3 is 5.97 Å². The van der Waals surface area contributed by atoms with Crippen LogP contribution in [-0.4, -0.2) is 23.7 Å². The third-order valence-electron chi connectivity index (χ3n) is 3.78. The molecule has 0 fully saturated rings. The SMILES string of the molecule is CCCCC(NCC(CC(C)C)c1ccccc1)C(=O)O. The van der Waals surface area contributed by atoms with Gasteiger partial charge in [-0.1, -0.05) is 63.9 Å². The summed E-state index contributed by atoms with van der Waals surface area (Å²) in [5.41, 5.74) is 1.29. The summed E-state index contributed by atoms with van der Waals surface area (Å²) in [6.07, 6.45) is 3.75. The van der Waals surface area contributed by atoms with Crippen LogP contribution in [0.5, 0.6) is 0 Å². The van der Waals surface area contributed by atoms with Crippen LogP contribution in [0.3, 0.4) is 0 Å². The van der Waals surface area contributed by atoms with E-state index in [1.54, 1.807) is 0 Å². The molecule has 0 saturated carbocycles. The van der Waals surface area contributed by atoms with Crippen molar-refractivity contribution in [2.24, 2.45) is 5.92 Å². The first-order valence-corrected chi connectivity index (χ1v) is 8.05. The van der Waals surface area contributed by atoms with E-state index in [4.69, 9.17) is 0 Å². The van der Waals surface area contributed by atoms with Gasteiger partial charge in [0.05, 0.1) is 0 Å². The zero-order chi connectivity index (χ0) is 15.7. The molecule has 1 rings (SSSR count). The summed E-state index contributed by atoms with van der Waals surface area (Å²) < 4.78 is 0. The first-order chi connectivity index (χ1) is 10.0. The van der Waals surface area contributed by atoms with E-state index >= 15 is 0 Å². The summed E-state index contributed by atoms with van der Waals surface area (Å²) in [7, 11) is 0. The van der Waals surface area contributed by atoms with E-state index in [2.05, 4.69) is 50.4 Å². The molecule has 0 bridgehead atoms. The summed E-state index contributed by atoms with van der Waals surface area (Å²) in [5, 5.41) is 12.6. The normalized spacial score (nSPS) is 14.1. The number of aliphatic carboxylic acids is 1.